The first-order valence-electron chi connectivity index (χ1n) is 11.6. The van der Waals surface area contributed by atoms with Gasteiger partial charge in [-0.25, -0.2) is 12.8 Å². The van der Waals surface area contributed by atoms with Gasteiger partial charge in [0.25, 0.3) is 10.0 Å². The summed E-state index contributed by atoms with van der Waals surface area (Å²) in [4.78, 5) is 13.0. The number of aryl methyl sites for hydroxylation is 3. The number of carbonyl (C=O) groups is 1. The minimum absolute atomic E-state index is 0.0677. The Morgan fingerprint density at radius 1 is 0.944 bits per heavy atom. The number of fused-ring (bicyclic) bond motifs is 1. The molecule has 0 fully saturated rings. The molecule has 0 aliphatic carbocycles. The molecule has 0 saturated carbocycles. The van der Waals surface area contributed by atoms with E-state index in [2.05, 4.69) is 11.4 Å². The van der Waals surface area contributed by atoms with Crippen LogP contribution in [-0.2, 0) is 14.8 Å². The van der Waals surface area contributed by atoms with Crippen LogP contribution in [-0.4, -0.2) is 34.1 Å². The van der Waals surface area contributed by atoms with E-state index in [1.54, 1.807) is 0 Å². The molecule has 0 radical (unpaired) electrons. The highest BCUT2D eigenvalue weighted by molar-refractivity contribution is 7.92. The van der Waals surface area contributed by atoms with Gasteiger partial charge in [-0.1, -0.05) is 12.1 Å². The standard InChI is InChI=1S/C27H29FN2O5S/c1-17-13-19(3)24(14-18(17)2)20(4)29-27(31)16-30(22-7-5-21(28)6-8-22)36(32,33)23-9-10-25-26(15-23)35-12-11-34-25/h5-10,13-15,20H,11-12,16H2,1-4H3,(H,29,31). The second kappa shape index (κ2) is 10.2. The van der Waals surface area contributed by atoms with Gasteiger partial charge in [0.2, 0.25) is 5.91 Å². The van der Waals surface area contributed by atoms with Crippen LogP contribution in [0.4, 0.5) is 10.1 Å². The fourth-order valence-electron chi connectivity index (χ4n) is 4.18. The van der Waals surface area contributed by atoms with Crippen LogP contribution in [0.1, 0.15) is 35.2 Å². The van der Waals surface area contributed by atoms with Gasteiger partial charge in [0.15, 0.2) is 11.5 Å². The van der Waals surface area contributed by atoms with Gasteiger partial charge in [-0.15, -0.1) is 0 Å². The molecule has 1 N–H and O–H groups in total. The van der Waals surface area contributed by atoms with E-state index in [4.69, 9.17) is 9.47 Å². The van der Waals surface area contributed by atoms with Crippen molar-refractivity contribution in [2.45, 2.75) is 38.6 Å². The molecule has 7 nitrogen and oxygen atoms in total. The Kier molecular flexibility index (Phi) is 7.21. The molecule has 36 heavy (non-hydrogen) atoms. The molecule has 1 aliphatic heterocycles. The topological polar surface area (TPSA) is 84.9 Å². The maximum atomic E-state index is 13.7. The number of hydrogen-bond donors (Lipinski definition) is 1. The smallest absolute Gasteiger partial charge is 0.264 e. The zero-order valence-electron chi connectivity index (χ0n) is 20.7. The number of ether oxygens (including phenoxy) is 2. The summed E-state index contributed by atoms with van der Waals surface area (Å²) in [5.41, 5.74) is 4.41. The Morgan fingerprint density at radius 2 is 1.58 bits per heavy atom. The molecule has 4 rings (SSSR count). The van der Waals surface area contributed by atoms with E-state index >= 15 is 0 Å². The van der Waals surface area contributed by atoms with Gasteiger partial charge in [-0.05, 0) is 86.3 Å². The van der Waals surface area contributed by atoms with Crippen LogP contribution in [0.5, 0.6) is 11.5 Å². The van der Waals surface area contributed by atoms with Crippen LogP contribution < -0.4 is 19.1 Å². The highest BCUT2D eigenvalue weighted by Gasteiger charge is 2.29. The van der Waals surface area contributed by atoms with Gasteiger partial charge in [-0.3, -0.25) is 9.10 Å². The molecule has 1 amide bonds. The summed E-state index contributed by atoms with van der Waals surface area (Å²) in [6.07, 6.45) is 0. The van der Waals surface area contributed by atoms with Crippen molar-refractivity contribution >= 4 is 21.6 Å². The summed E-state index contributed by atoms with van der Waals surface area (Å²) in [6.45, 7) is 8.04. The first-order valence-corrected chi connectivity index (χ1v) is 13.1. The molecular weight excluding hydrogens is 483 g/mol. The number of halogens is 1. The molecule has 9 heteroatoms. The first-order chi connectivity index (χ1) is 17.1. The summed E-state index contributed by atoms with van der Waals surface area (Å²) in [6, 6.07) is 13.0. The predicted molar refractivity (Wildman–Crippen MR) is 136 cm³/mol. The minimum atomic E-state index is -4.20. The molecule has 0 aromatic heterocycles. The number of anilines is 1. The largest absolute Gasteiger partial charge is 0.486 e. The van der Waals surface area contributed by atoms with Crippen molar-refractivity contribution in [1.29, 1.82) is 0 Å². The molecule has 1 unspecified atom stereocenters. The van der Waals surface area contributed by atoms with Crippen LogP contribution in [0.2, 0.25) is 0 Å². The summed E-state index contributed by atoms with van der Waals surface area (Å²) in [5, 5.41) is 2.90. The van der Waals surface area contributed by atoms with Crippen LogP contribution in [0.15, 0.2) is 59.5 Å². The zero-order valence-corrected chi connectivity index (χ0v) is 21.5. The first kappa shape index (κ1) is 25.5. The highest BCUT2D eigenvalue weighted by atomic mass is 32.2. The number of benzene rings is 3. The normalized spacial score (nSPS) is 13.7. The molecule has 0 bridgehead atoms. The second-order valence-electron chi connectivity index (χ2n) is 8.88. The third-order valence-electron chi connectivity index (χ3n) is 6.23. The number of nitrogens with one attached hydrogen (secondary N) is 1. The third kappa shape index (κ3) is 5.31. The highest BCUT2D eigenvalue weighted by Crippen LogP contribution is 2.34. The Labute approximate surface area is 210 Å². The number of hydrogen-bond acceptors (Lipinski definition) is 5. The van der Waals surface area contributed by atoms with E-state index in [-0.39, 0.29) is 16.6 Å². The van der Waals surface area contributed by atoms with Crippen LogP contribution in [0.3, 0.4) is 0 Å². The fraction of sp³-hybridized carbons (Fsp3) is 0.296. The minimum Gasteiger partial charge on any atom is -0.486 e. The van der Waals surface area contributed by atoms with Crippen molar-refractivity contribution in [3.63, 3.8) is 0 Å². The van der Waals surface area contributed by atoms with E-state index in [0.717, 1.165) is 38.7 Å². The third-order valence-corrected chi connectivity index (χ3v) is 8.00. The molecule has 0 saturated heterocycles. The molecule has 190 valence electrons. The molecule has 1 aliphatic rings. The van der Waals surface area contributed by atoms with Gasteiger partial charge in [0, 0.05) is 6.07 Å². The average molecular weight is 513 g/mol. The average Bonchev–Trinajstić information content (AvgIpc) is 2.85. The van der Waals surface area contributed by atoms with Crippen molar-refractivity contribution < 1.29 is 27.1 Å². The quantitative estimate of drug-likeness (QED) is 0.500. The van der Waals surface area contributed by atoms with Gasteiger partial charge in [0.05, 0.1) is 16.6 Å². The Hall–Kier alpha value is -3.59. The SMILES string of the molecule is Cc1cc(C)c(C(C)NC(=O)CN(c2ccc(F)cc2)S(=O)(=O)c2ccc3c(c2)OCCO3)cc1C. The summed E-state index contributed by atoms with van der Waals surface area (Å²) < 4.78 is 53.0. The van der Waals surface area contributed by atoms with E-state index < -0.39 is 28.3 Å². The molecule has 3 aromatic rings. The van der Waals surface area contributed by atoms with Crippen molar-refractivity contribution in [2.24, 2.45) is 0 Å². The maximum Gasteiger partial charge on any atom is 0.264 e. The van der Waals surface area contributed by atoms with Crippen molar-refractivity contribution in [3.8, 4) is 11.5 Å². The van der Waals surface area contributed by atoms with Gasteiger partial charge >= 0.3 is 0 Å². The van der Waals surface area contributed by atoms with E-state index in [0.29, 0.717) is 24.7 Å². The maximum absolute atomic E-state index is 13.7. The van der Waals surface area contributed by atoms with Crippen LogP contribution in [0.25, 0.3) is 0 Å². The summed E-state index contributed by atoms with van der Waals surface area (Å²) in [7, 11) is -4.20. The van der Waals surface area contributed by atoms with Crippen molar-refractivity contribution in [2.75, 3.05) is 24.1 Å². The lowest BCUT2D eigenvalue weighted by molar-refractivity contribution is -0.120. The summed E-state index contributed by atoms with van der Waals surface area (Å²) >= 11 is 0. The molecule has 1 heterocycles. The zero-order chi connectivity index (χ0) is 26.0. The van der Waals surface area contributed by atoms with Crippen LogP contribution >= 0.6 is 0 Å². The Bertz CT molecular complexity index is 1390. The van der Waals surface area contributed by atoms with Crippen molar-refractivity contribution in [1.82, 2.24) is 5.32 Å². The molecule has 1 atom stereocenters. The lowest BCUT2D eigenvalue weighted by atomic mass is 9.96. The van der Waals surface area contributed by atoms with E-state index in [1.807, 2.05) is 33.8 Å². The van der Waals surface area contributed by atoms with Crippen molar-refractivity contribution in [3.05, 3.63) is 82.7 Å². The van der Waals surface area contributed by atoms with E-state index in [9.17, 15) is 17.6 Å². The van der Waals surface area contributed by atoms with E-state index in [1.165, 1.54) is 30.3 Å². The van der Waals surface area contributed by atoms with Gasteiger partial charge in [-0.2, -0.15) is 0 Å². The Morgan fingerprint density at radius 3 is 2.28 bits per heavy atom. The fourth-order valence-corrected chi connectivity index (χ4v) is 5.62. The van der Waals surface area contributed by atoms with Gasteiger partial charge in [0.1, 0.15) is 25.6 Å². The number of nitrogens with zero attached hydrogens (tertiary/aromatic N) is 1. The molecular formula is C27H29FN2O5S. The number of amides is 1. The van der Waals surface area contributed by atoms with Crippen LogP contribution in [0, 0.1) is 26.6 Å². The lowest BCUT2D eigenvalue weighted by Crippen LogP contribution is -2.41. The second-order valence-corrected chi connectivity index (χ2v) is 10.7. The number of carbonyl (C=O) groups excluding carboxylic acids is 1. The number of sulfonamides is 1. The molecule has 0 spiro atoms. The Balaban J connectivity index is 1.63. The predicted octanol–water partition coefficient (Wildman–Crippen LogP) is 4.59. The summed E-state index contributed by atoms with van der Waals surface area (Å²) in [5.74, 6) is -0.252. The number of rotatable bonds is 7. The monoisotopic (exact) mass is 512 g/mol. The van der Waals surface area contributed by atoms with Gasteiger partial charge < -0.3 is 14.8 Å². The lowest BCUT2D eigenvalue weighted by Gasteiger charge is -2.26. The molecule has 3 aromatic carbocycles.